The van der Waals surface area contributed by atoms with Crippen molar-refractivity contribution in [2.24, 2.45) is 5.92 Å². The molecule has 1 saturated carbocycles. The van der Waals surface area contributed by atoms with E-state index in [1.807, 2.05) is 4.90 Å². The molecule has 0 spiro atoms. The molecular weight excluding hydrogens is 326 g/mol. The molecule has 1 saturated heterocycles. The van der Waals surface area contributed by atoms with Crippen LogP contribution >= 0.6 is 0 Å². The van der Waals surface area contributed by atoms with Crippen LogP contribution in [0.4, 0.5) is 5.69 Å². The molecule has 2 atom stereocenters. The van der Waals surface area contributed by atoms with E-state index in [1.54, 1.807) is 24.3 Å². The van der Waals surface area contributed by atoms with Gasteiger partial charge in [0.2, 0.25) is 10.9 Å². The fourth-order valence-electron chi connectivity index (χ4n) is 3.59. The number of anilines is 1. The number of rotatable bonds is 5. The average molecular weight is 351 g/mol. The van der Waals surface area contributed by atoms with Crippen LogP contribution in [0.25, 0.3) is 0 Å². The van der Waals surface area contributed by atoms with Crippen molar-refractivity contribution in [1.82, 2.24) is 9.80 Å². The summed E-state index contributed by atoms with van der Waals surface area (Å²) in [6, 6.07) is 6.95. The van der Waals surface area contributed by atoms with Gasteiger partial charge in [-0.1, -0.05) is 0 Å². The molecule has 1 heterocycles. The Morgan fingerprint density at radius 3 is 2.21 bits per heavy atom. The van der Waals surface area contributed by atoms with Gasteiger partial charge >= 0.3 is 0 Å². The fraction of sp³-hybridized carbons (Fsp3) is 0.588. The minimum Gasteiger partial charge on any atom is -0.331 e. The first-order chi connectivity index (χ1) is 11.4. The van der Waals surface area contributed by atoms with Crippen molar-refractivity contribution in [2.45, 2.75) is 38.8 Å². The van der Waals surface area contributed by atoms with E-state index in [-0.39, 0.29) is 18.0 Å². The van der Waals surface area contributed by atoms with Gasteiger partial charge in [-0.25, -0.2) is 8.42 Å². The Labute approximate surface area is 144 Å². The van der Waals surface area contributed by atoms with Crippen molar-refractivity contribution >= 4 is 22.5 Å². The molecule has 1 aromatic carbocycles. The van der Waals surface area contributed by atoms with Crippen LogP contribution in [-0.2, 0) is 10.9 Å². The SMILES string of the molecule is CC1CN(CC2CC2)CC(C)N1C(=O)c1ccc(N[SH](=O)=O)cc1. The van der Waals surface area contributed by atoms with Crippen molar-refractivity contribution in [2.75, 3.05) is 24.4 Å². The zero-order chi connectivity index (χ0) is 17.3. The zero-order valence-corrected chi connectivity index (χ0v) is 15.0. The summed E-state index contributed by atoms with van der Waals surface area (Å²) in [7, 11) is -2.69. The van der Waals surface area contributed by atoms with Gasteiger partial charge in [0.25, 0.3) is 5.91 Å². The van der Waals surface area contributed by atoms with Crippen molar-refractivity contribution in [3.05, 3.63) is 29.8 Å². The molecule has 0 aromatic heterocycles. The van der Waals surface area contributed by atoms with E-state index >= 15 is 0 Å². The van der Waals surface area contributed by atoms with Gasteiger partial charge in [0.15, 0.2) is 0 Å². The topological polar surface area (TPSA) is 69.7 Å². The quantitative estimate of drug-likeness (QED) is 0.790. The second-order valence-electron chi connectivity index (χ2n) is 7.02. The Kier molecular flexibility index (Phi) is 5.10. The van der Waals surface area contributed by atoms with Crippen molar-refractivity contribution < 1.29 is 13.2 Å². The van der Waals surface area contributed by atoms with E-state index in [4.69, 9.17) is 0 Å². The molecule has 24 heavy (non-hydrogen) atoms. The number of nitrogens with one attached hydrogen (secondary N) is 1. The van der Waals surface area contributed by atoms with Gasteiger partial charge in [-0.3, -0.25) is 14.4 Å². The Bertz CT molecular complexity index is 650. The summed E-state index contributed by atoms with van der Waals surface area (Å²) in [6.45, 7) is 7.20. The summed E-state index contributed by atoms with van der Waals surface area (Å²) in [4.78, 5) is 17.3. The molecular formula is C17H25N3O3S. The normalized spacial score (nSPS) is 25.0. The number of benzene rings is 1. The van der Waals surface area contributed by atoms with E-state index in [1.165, 1.54) is 12.8 Å². The zero-order valence-electron chi connectivity index (χ0n) is 14.1. The highest BCUT2D eigenvalue weighted by Gasteiger charge is 2.35. The van der Waals surface area contributed by atoms with Gasteiger partial charge in [0, 0.05) is 43.0 Å². The Morgan fingerprint density at radius 2 is 1.71 bits per heavy atom. The first kappa shape index (κ1) is 17.2. The molecule has 1 N–H and O–H groups in total. The predicted octanol–water partition coefficient (Wildman–Crippen LogP) is 1.57. The lowest BCUT2D eigenvalue weighted by Gasteiger charge is -2.44. The Hall–Kier alpha value is -1.60. The third-order valence-corrected chi connectivity index (χ3v) is 5.24. The maximum absolute atomic E-state index is 12.9. The van der Waals surface area contributed by atoms with Crippen molar-refractivity contribution in [1.29, 1.82) is 0 Å². The first-order valence-corrected chi connectivity index (χ1v) is 9.68. The molecule has 0 bridgehead atoms. The molecule has 1 aromatic rings. The van der Waals surface area contributed by atoms with Crippen molar-refractivity contribution in [3.8, 4) is 0 Å². The van der Waals surface area contributed by atoms with Crippen LogP contribution in [0.5, 0.6) is 0 Å². The highest BCUT2D eigenvalue weighted by atomic mass is 32.2. The largest absolute Gasteiger partial charge is 0.331 e. The third-order valence-electron chi connectivity index (χ3n) is 4.79. The number of piperazine rings is 1. The summed E-state index contributed by atoms with van der Waals surface area (Å²) in [5.74, 6) is 0.873. The minimum atomic E-state index is -2.69. The highest BCUT2D eigenvalue weighted by molar-refractivity contribution is 7.73. The molecule has 2 unspecified atom stereocenters. The molecule has 7 heteroatoms. The van der Waals surface area contributed by atoms with Gasteiger partial charge < -0.3 is 4.90 Å². The summed E-state index contributed by atoms with van der Waals surface area (Å²) in [5, 5.41) is 0. The molecule has 1 amide bonds. The minimum absolute atomic E-state index is 0.0131. The number of hydrogen-bond acceptors (Lipinski definition) is 4. The van der Waals surface area contributed by atoms with E-state index in [2.05, 4.69) is 23.5 Å². The summed E-state index contributed by atoms with van der Waals surface area (Å²) >= 11 is 0. The third kappa shape index (κ3) is 4.08. The second-order valence-corrected chi connectivity index (χ2v) is 7.76. The van der Waals surface area contributed by atoms with Gasteiger partial charge in [-0.15, -0.1) is 0 Å². The van der Waals surface area contributed by atoms with Crippen molar-refractivity contribution in [3.63, 3.8) is 0 Å². The smallest absolute Gasteiger partial charge is 0.254 e. The van der Waals surface area contributed by atoms with E-state index < -0.39 is 10.9 Å². The lowest BCUT2D eigenvalue weighted by Crippen LogP contribution is -2.58. The Morgan fingerprint density at radius 1 is 1.12 bits per heavy atom. The molecule has 1 aliphatic heterocycles. The van der Waals surface area contributed by atoms with Gasteiger partial charge in [0.05, 0.1) is 0 Å². The molecule has 0 radical (unpaired) electrons. The average Bonchev–Trinajstić information content (AvgIpc) is 3.30. The number of carbonyl (C=O) groups excluding carboxylic acids is 1. The number of thiol groups is 1. The van der Waals surface area contributed by atoms with Gasteiger partial charge in [-0.05, 0) is 56.9 Å². The van der Waals surface area contributed by atoms with Crippen LogP contribution < -0.4 is 4.72 Å². The van der Waals surface area contributed by atoms with E-state index in [9.17, 15) is 13.2 Å². The number of hydrogen-bond donors (Lipinski definition) is 2. The maximum atomic E-state index is 12.9. The Balaban J connectivity index is 1.67. The molecule has 2 aliphatic rings. The predicted molar refractivity (Wildman–Crippen MR) is 94.6 cm³/mol. The van der Waals surface area contributed by atoms with Crippen LogP contribution in [0.3, 0.4) is 0 Å². The molecule has 132 valence electrons. The number of carbonyl (C=O) groups is 1. The fourth-order valence-corrected chi connectivity index (χ4v) is 3.95. The second kappa shape index (κ2) is 7.11. The lowest BCUT2D eigenvalue weighted by molar-refractivity contribution is 0.0278. The lowest BCUT2D eigenvalue weighted by atomic mass is 10.0. The highest BCUT2D eigenvalue weighted by Crippen LogP contribution is 2.31. The molecule has 2 fully saturated rings. The summed E-state index contributed by atoms with van der Waals surface area (Å²) < 4.78 is 23.7. The summed E-state index contributed by atoms with van der Waals surface area (Å²) in [5.41, 5.74) is 1.06. The number of nitrogens with zero attached hydrogens (tertiary/aromatic N) is 2. The standard InChI is InChI=1S/C17H25N3O3S/c1-12-9-19(11-14-3-4-14)10-13(2)20(12)17(21)15-5-7-16(8-6-15)18-24(22)23/h5-8,12-14,24H,3-4,9-11H2,1-2H3,(H,18,22,23). The number of amides is 1. The monoisotopic (exact) mass is 351 g/mol. The van der Waals surface area contributed by atoms with Crippen LogP contribution in [0.2, 0.25) is 0 Å². The molecule has 6 nitrogen and oxygen atoms in total. The van der Waals surface area contributed by atoms with E-state index in [0.29, 0.717) is 11.3 Å². The van der Waals surface area contributed by atoms with Crippen LogP contribution in [0.1, 0.15) is 37.0 Å². The van der Waals surface area contributed by atoms with Crippen LogP contribution in [-0.4, -0.2) is 55.8 Å². The van der Waals surface area contributed by atoms with E-state index in [0.717, 1.165) is 25.6 Å². The summed E-state index contributed by atoms with van der Waals surface area (Å²) in [6.07, 6.45) is 2.69. The van der Waals surface area contributed by atoms with Crippen LogP contribution in [0.15, 0.2) is 24.3 Å². The maximum Gasteiger partial charge on any atom is 0.254 e. The molecule has 1 aliphatic carbocycles. The van der Waals surface area contributed by atoms with Gasteiger partial charge in [-0.2, -0.15) is 0 Å². The first-order valence-electron chi connectivity index (χ1n) is 8.50. The van der Waals surface area contributed by atoms with Crippen LogP contribution in [0, 0.1) is 5.92 Å². The van der Waals surface area contributed by atoms with Gasteiger partial charge in [0.1, 0.15) is 0 Å². The molecule has 3 rings (SSSR count).